The van der Waals surface area contributed by atoms with Crippen LogP contribution < -0.4 is 10.6 Å². The molecule has 1 fully saturated rings. The Bertz CT molecular complexity index is 333. The van der Waals surface area contributed by atoms with Gasteiger partial charge in [-0.05, 0) is 32.7 Å². The molecule has 1 saturated heterocycles. The van der Waals surface area contributed by atoms with Gasteiger partial charge >= 0.3 is 0 Å². The maximum Gasteiger partial charge on any atom is 0.223 e. The fraction of sp³-hybridized carbons (Fsp3) is 0.833. The number of piperidine rings is 1. The van der Waals surface area contributed by atoms with Crippen molar-refractivity contribution in [3.8, 4) is 0 Å². The lowest BCUT2D eigenvalue weighted by molar-refractivity contribution is 0.340. The molecule has 1 aliphatic heterocycles. The number of nitrogens with one attached hydrogen (secondary N) is 2. The van der Waals surface area contributed by atoms with Gasteiger partial charge in [0.15, 0.2) is 5.82 Å². The van der Waals surface area contributed by atoms with Gasteiger partial charge in [0.1, 0.15) is 0 Å². The van der Waals surface area contributed by atoms with Crippen molar-refractivity contribution in [1.29, 1.82) is 0 Å². The fourth-order valence-corrected chi connectivity index (χ4v) is 2.31. The second-order valence-electron chi connectivity index (χ2n) is 4.89. The molecule has 1 aromatic rings. The van der Waals surface area contributed by atoms with E-state index in [0.717, 1.165) is 12.2 Å². The lowest BCUT2D eigenvalue weighted by Crippen LogP contribution is -2.39. The van der Waals surface area contributed by atoms with Crippen molar-refractivity contribution in [2.45, 2.75) is 58.2 Å². The van der Waals surface area contributed by atoms with Crippen molar-refractivity contribution in [1.82, 2.24) is 20.8 Å². The average molecular weight is 238 g/mol. The van der Waals surface area contributed by atoms with E-state index in [0.29, 0.717) is 24.5 Å². The van der Waals surface area contributed by atoms with Crippen LogP contribution in [0.2, 0.25) is 0 Å². The molecule has 2 unspecified atom stereocenters. The highest BCUT2D eigenvalue weighted by Crippen LogP contribution is 2.11. The van der Waals surface area contributed by atoms with Crippen LogP contribution in [0.1, 0.15) is 44.3 Å². The van der Waals surface area contributed by atoms with Gasteiger partial charge in [0.05, 0.1) is 6.54 Å². The standard InChI is InChI=1S/C12H22N4O/c1-9(7-11-5-3-4-6-13-11)14-8-12-15-10(2)17-16-12/h9,11,13-14H,3-8H2,1-2H3. The molecule has 5 heteroatoms. The molecule has 96 valence electrons. The summed E-state index contributed by atoms with van der Waals surface area (Å²) in [5.74, 6) is 1.37. The first-order valence-corrected chi connectivity index (χ1v) is 6.50. The molecule has 5 nitrogen and oxygen atoms in total. The minimum absolute atomic E-state index is 0.476. The summed E-state index contributed by atoms with van der Waals surface area (Å²) in [6.07, 6.45) is 5.14. The highest BCUT2D eigenvalue weighted by molar-refractivity contribution is 4.84. The zero-order chi connectivity index (χ0) is 12.1. The molecule has 1 aliphatic rings. The molecule has 2 atom stereocenters. The normalized spacial score (nSPS) is 22.6. The Labute approximate surface area is 102 Å². The number of nitrogens with zero attached hydrogens (tertiary/aromatic N) is 2. The summed E-state index contributed by atoms with van der Waals surface area (Å²) in [6, 6.07) is 1.14. The predicted molar refractivity (Wildman–Crippen MR) is 65.6 cm³/mol. The predicted octanol–water partition coefficient (Wildman–Crippen LogP) is 1.39. The molecular weight excluding hydrogens is 216 g/mol. The van der Waals surface area contributed by atoms with Crippen LogP contribution in [0, 0.1) is 6.92 Å². The first-order chi connectivity index (χ1) is 8.24. The zero-order valence-electron chi connectivity index (χ0n) is 10.7. The Morgan fingerprint density at radius 3 is 3.06 bits per heavy atom. The van der Waals surface area contributed by atoms with Crippen LogP contribution in [-0.4, -0.2) is 28.8 Å². The number of rotatable bonds is 5. The smallest absolute Gasteiger partial charge is 0.223 e. The van der Waals surface area contributed by atoms with Crippen molar-refractivity contribution in [3.63, 3.8) is 0 Å². The van der Waals surface area contributed by atoms with E-state index in [4.69, 9.17) is 4.52 Å². The summed E-state index contributed by atoms with van der Waals surface area (Å²) in [6.45, 7) is 5.88. The van der Waals surface area contributed by atoms with E-state index < -0.39 is 0 Å². The van der Waals surface area contributed by atoms with Gasteiger partial charge in [0.25, 0.3) is 0 Å². The molecule has 1 aromatic heterocycles. The Morgan fingerprint density at radius 1 is 1.53 bits per heavy atom. The molecule has 0 aliphatic carbocycles. The third-order valence-electron chi connectivity index (χ3n) is 3.23. The van der Waals surface area contributed by atoms with Gasteiger partial charge in [-0.1, -0.05) is 11.6 Å². The van der Waals surface area contributed by atoms with E-state index >= 15 is 0 Å². The van der Waals surface area contributed by atoms with Gasteiger partial charge in [0.2, 0.25) is 5.89 Å². The maximum absolute atomic E-state index is 4.93. The number of aromatic nitrogens is 2. The van der Waals surface area contributed by atoms with E-state index in [1.54, 1.807) is 0 Å². The van der Waals surface area contributed by atoms with Crippen LogP contribution in [0.5, 0.6) is 0 Å². The largest absolute Gasteiger partial charge is 0.340 e. The lowest BCUT2D eigenvalue weighted by Gasteiger charge is -2.26. The van der Waals surface area contributed by atoms with Crippen LogP contribution in [-0.2, 0) is 6.54 Å². The van der Waals surface area contributed by atoms with Crippen molar-refractivity contribution < 1.29 is 4.52 Å². The number of hydrogen-bond acceptors (Lipinski definition) is 5. The van der Waals surface area contributed by atoms with E-state index in [-0.39, 0.29) is 0 Å². The Balaban J connectivity index is 1.68. The van der Waals surface area contributed by atoms with Gasteiger partial charge in [-0.3, -0.25) is 0 Å². The third kappa shape index (κ3) is 4.09. The molecule has 0 amide bonds. The molecule has 0 spiro atoms. The quantitative estimate of drug-likeness (QED) is 0.811. The lowest BCUT2D eigenvalue weighted by atomic mass is 9.99. The molecule has 0 saturated carbocycles. The van der Waals surface area contributed by atoms with Crippen LogP contribution in [0.25, 0.3) is 0 Å². The van der Waals surface area contributed by atoms with Gasteiger partial charge in [-0.25, -0.2) is 0 Å². The first kappa shape index (κ1) is 12.5. The number of aryl methyl sites for hydroxylation is 1. The summed E-state index contributed by atoms with van der Waals surface area (Å²) in [5.41, 5.74) is 0. The van der Waals surface area contributed by atoms with E-state index in [1.165, 1.54) is 25.8 Å². The van der Waals surface area contributed by atoms with E-state index in [1.807, 2.05) is 6.92 Å². The van der Waals surface area contributed by atoms with Crippen LogP contribution in [0.4, 0.5) is 0 Å². The van der Waals surface area contributed by atoms with Gasteiger partial charge in [0, 0.05) is 19.0 Å². The molecule has 2 heterocycles. The molecule has 2 N–H and O–H groups in total. The minimum atomic E-state index is 0.476. The Hall–Kier alpha value is -0.940. The number of hydrogen-bond donors (Lipinski definition) is 2. The SMILES string of the molecule is Cc1nc(CNC(C)CC2CCCCN2)no1. The van der Waals surface area contributed by atoms with Crippen molar-refractivity contribution >= 4 is 0 Å². The van der Waals surface area contributed by atoms with Crippen molar-refractivity contribution in [2.75, 3.05) is 6.54 Å². The molecular formula is C12H22N4O. The minimum Gasteiger partial charge on any atom is -0.340 e. The summed E-state index contributed by atoms with van der Waals surface area (Å²) in [4.78, 5) is 4.17. The zero-order valence-corrected chi connectivity index (χ0v) is 10.7. The van der Waals surface area contributed by atoms with Crippen LogP contribution in [0.3, 0.4) is 0 Å². The summed E-state index contributed by atoms with van der Waals surface area (Å²) in [7, 11) is 0. The second-order valence-corrected chi connectivity index (χ2v) is 4.89. The topological polar surface area (TPSA) is 63.0 Å². The highest BCUT2D eigenvalue weighted by Gasteiger charge is 2.15. The molecule has 17 heavy (non-hydrogen) atoms. The van der Waals surface area contributed by atoms with Crippen molar-refractivity contribution in [2.24, 2.45) is 0 Å². The molecule has 2 rings (SSSR count). The summed E-state index contributed by atoms with van der Waals surface area (Å²) >= 11 is 0. The Kier molecular flexibility index (Phi) is 4.50. The second kappa shape index (κ2) is 6.12. The molecule has 0 aromatic carbocycles. The summed E-state index contributed by atoms with van der Waals surface area (Å²) in [5, 5.41) is 10.9. The van der Waals surface area contributed by atoms with E-state index in [9.17, 15) is 0 Å². The summed E-state index contributed by atoms with van der Waals surface area (Å²) < 4.78 is 4.93. The monoisotopic (exact) mass is 238 g/mol. The van der Waals surface area contributed by atoms with Gasteiger partial charge in [-0.2, -0.15) is 4.98 Å². The first-order valence-electron chi connectivity index (χ1n) is 6.50. The Morgan fingerprint density at radius 2 is 2.41 bits per heavy atom. The third-order valence-corrected chi connectivity index (χ3v) is 3.23. The maximum atomic E-state index is 4.93. The van der Waals surface area contributed by atoms with Gasteiger partial charge in [-0.15, -0.1) is 0 Å². The molecule has 0 radical (unpaired) electrons. The van der Waals surface area contributed by atoms with E-state index in [2.05, 4.69) is 27.7 Å². The van der Waals surface area contributed by atoms with Crippen molar-refractivity contribution in [3.05, 3.63) is 11.7 Å². The highest BCUT2D eigenvalue weighted by atomic mass is 16.5. The molecule has 0 bridgehead atoms. The van der Waals surface area contributed by atoms with Gasteiger partial charge < -0.3 is 15.2 Å². The van der Waals surface area contributed by atoms with Crippen LogP contribution >= 0.6 is 0 Å². The van der Waals surface area contributed by atoms with Crippen LogP contribution in [0.15, 0.2) is 4.52 Å². The average Bonchev–Trinajstić information content (AvgIpc) is 2.74. The fourth-order valence-electron chi connectivity index (χ4n) is 2.31.